The van der Waals surface area contributed by atoms with E-state index in [1.807, 2.05) is 11.9 Å². The average Bonchev–Trinajstić information content (AvgIpc) is 2.10. The van der Waals surface area contributed by atoms with Crippen LogP contribution in [0.1, 0.15) is 19.3 Å². The fourth-order valence-electron chi connectivity index (χ4n) is 3.27. The Balaban J connectivity index is 2.04. The standard InChI is InChI=1S/C10H13NO2/c1-11-7-3-5-2-6(10(7)13)4-8(11)9(5)12/h5-8H,2-4H2,1H3. The van der Waals surface area contributed by atoms with E-state index in [1.54, 1.807) is 0 Å². The quantitative estimate of drug-likeness (QED) is 0.534. The Kier molecular flexibility index (Phi) is 1.30. The molecule has 70 valence electrons. The van der Waals surface area contributed by atoms with E-state index in [4.69, 9.17) is 0 Å². The number of rotatable bonds is 0. The summed E-state index contributed by atoms with van der Waals surface area (Å²) >= 11 is 0. The molecule has 0 N–H and O–H groups in total. The van der Waals surface area contributed by atoms with Gasteiger partial charge in [0.1, 0.15) is 0 Å². The Morgan fingerprint density at radius 1 is 1.00 bits per heavy atom. The van der Waals surface area contributed by atoms with Gasteiger partial charge in [0.15, 0.2) is 11.6 Å². The lowest BCUT2D eigenvalue weighted by molar-refractivity contribution is -0.157. The molecule has 0 radical (unpaired) electrons. The summed E-state index contributed by atoms with van der Waals surface area (Å²) in [6.45, 7) is 0. The molecular formula is C10H13NO2. The van der Waals surface area contributed by atoms with Crippen molar-refractivity contribution in [2.24, 2.45) is 11.8 Å². The van der Waals surface area contributed by atoms with Crippen LogP contribution in [0.25, 0.3) is 0 Å². The second-order valence-electron chi connectivity index (χ2n) is 4.60. The van der Waals surface area contributed by atoms with Crippen LogP contribution in [-0.4, -0.2) is 35.6 Å². The molecule has 2 aliphatic carbocycles. The summed E-state index contributed by atoms with van der Waals surface area (Å²) in [5.41, 5.74) is 0. The molecule has 4 unspecified atom stereocenters. The number of carbonyl (C=O) groups excluding carboxylic acids is 2. The van der Waals surface area contributed by atoms with E-state index in [0.717, 1.165) is 19.3 Å². The van der Waals surface area contributed by atoms with E-state index in [0.29, 0.717) is 11.6 Å². The second-order valence-corrected chi connectivity index (χ2v) is 4.60. The monoisotopic (exact) mass is 179 g/mol. The first-order valence-electron chi connectivity index (χ1n) is 4.98. The summed E-state index contributed by atoms with van der Waals surface area (Å²) in [5.74, 6) is 1.20. The number of ketones is 2. The van der Waals surface area contributed by atoms with E-state index < -0.39 is 0 Å². The van der Waals surface area contributed by atoms with Crippen molar-refractivity contribution in [3.63, 3.8) is 0 Å². The van der Waals surface area contributed by atoms with E-state index in [2.05, 4.69) is 0 Å². The summed E-state index contributed by atoms with van der Waals surface area (Å²) < 4.78 is 0. The van der Waals surface area contributed by atoms with Gasteiger partial charge in [-0.2, -0.15) is 0 Å². The first-order valence-corrected chi connectivity index (χ1v) is 4.98. The van der Waals surface area contributed by atoms with Crippen molar-refractivity contribution >= 4 is 11.6 Å². The van der Waals surface area contributed by atoms with Gasteiger partial charge < -0.3 is 0 Å². The van der Waals surface area contributed by atoms with Crippen LogP contribution >= 0.6 is 0 Å². The Bertz CT molecular complexity index is 271. The Morgan fingerprint density at radius 3 is 1.92 bits per heavy atom. The van der Waals surface area contributed by atoms with Crippen LogP contribution in [0.15, 0.2) is 0 Å². The van der Waals surface area contributed by atoms with Crippen molar-refractivity contribution in [1.29, 1.82) is 0 Å². The van der Waals surface area contributed by atoms with Gasteiger partial charge in [0.05, 0.1) is 12.1 Å². The molecule has 2 aliphatic heterocycles. The van der Waals surface area contributed by atoms with Crippen LogP contribution in [0.5, 0.6) is 0 Å². The minimum atomic E-state index is 0.0696. The molecular weight excluding hydrogens is 166 g/mol. The smallest absolute Gasteiger partial charge is 0.153 e. The predicted octanol–water partition coefficient (Wildman–Crippen LogP) is 0.237. The van der Waals surface area contributed by atoms with Crippen molar-refractivity contribution in [3.05, 3.63) is 0 Å². The molecule has 4 rings (SSSR count). The van der Waals surface area contributed by atoms with Crippen LogP contribution in [-0.2, 0) is 9.59 Å². The van der Waals surface area contributed by atoms with Crippen molar-refractivity contribution in [1.82, 2.24) is 4.90 Å². The first kappa shape index (κ1) is 7.68. The van der Waals surface area contributed by atoms with Crippen molar-refractivity contribution < 1.29 is 9.59 Å². The summed E-state index contributed by atoms with van der Waals surface area (Å²) in [5, 5.41) is 0. The fraction of sp³-hybridized carbons (Fsp3) is 0.800. The lowest BCUT2D eigenvalue weighted by atomic mass is 9.62. The molecule has 0 aromatic carbocycles. The SMILES string of the molecule is CN1C2CC3CC(CC1C3=O)C2=O. The van der Waals surface area contributed by atoms with E-state index >= 15 is 0 Å². The van der Waals surface area contributed by atoms with Crippen LogP contribution < -0.4 is 0 Å². The lowest BCUT2D eigenvalue weighted by Crippen LogP contribution is -2.65. The van der Waals surface area contributed by atoms with Crippen LogP contribution in [0.2, 0.25) is 0 Å². The molecule has 2 saturated carbocycles. The molecule has 0 aromatic heterocycles. The third-order valence-corrected chi connectivity index (χ3v) is 4.03. The molecule has 4 aliphatic rings. The number of Topliss-reactive ketones (excluding diaryl/α,β-unsaturated/α-hetero) is 2. The van der Waals surface area contributed by atoms with Crippen LogP contribution in [0.4, 0.5) is 0 Å². The van der Waals surface area contributed by atoms with E-state index in [-0.39, 0.29) is 23.9 Å². The van der Waals surface area contributed by atoms with Gasteiger partial charge in [0.2, 0.25) is 0 Å². The highest BCUT2D eigenvalue weighted by molar-refractivity contribution is 5.98. The highest BCUT2D eigenvalue weighted by Gasteiger charge is 2.54. The van der Waals surface area contributed by atoms with Gasteiger partial charge in [0.25, 0.3) is 0 Å². The maximum absolute atomic E-state index is 11.7. The number of nitrogens with zero attached hydrogens (tertiary/aromatic N) is 1. The normalized spacial score (nSPS) is 49.0. The van der Waals surface area contributed by atoms with E-state index in [1.165, 1.54) is 0 Å². The minimum Gasteiger partial charge on any atom is -0.298 e. The molecule has 4 atom stereocenters. The Morgan fingerprint density at radius 2 is 1.46 bits per heavy atom. The molecule has 13 heavy (non-hydrogen) atoms. The van der Waals surface area contributed by atoms with Gasteiger partial charge in [-0.25, -0.2) is 0 Å². The van der Waals surface area contributed by atoms with Gasteiger partial charge in [-0.15, -0.1) is 0 Å². The molecule has 0 amide bonds. The second kappa shape index (κ2) is 2.21. The van der Waals surface area contributed by atoms with Gasteiger partial charge in [0, 0.05) is 11.8 Å². The maximum Gasteiger partial charge on any atom is 0.153 e. The maximum atomic E-state index is 11.7. The number of likely N-dealkylation sites (N-methyl/N-ethyl adjacent to an activating group) is 1. The van der Waals surface area contributed by atoms with E-state index in [9.17, 15) is 9.59 Å². The molecule has 4 bridgehead atoms. The molecule has 0 spiro atoms. The predicted molar refractivity (Wildman–Crippen MR) is 46.2 cm³/mol. The molecule has 3 heteroatoms. The molecule has 2 heterocycles. The Labute approximate surface area is 77.1 Å². The van der Waals surface area contributed by atoms with Crippen molar-refractivity contribution in [2.45, 2.75) is 31.3 Å². The third kappa shape index (κ3) is 0.784. The van der Waals surface area contributed by atoms with Crippen LogP contribution in [0, 0.1) is 11.8 Å². The lowest BCUT2D eigenvalue weighted by Gasteiger charge is -2.52. The first-order chi connectivity index (χ1) is 6.18. The zero-order valence-electron chi connectivity index (χ0n) is 7.69. The summed E-state index contributed by atoms with van der Waals surface area (Å²) in [4.78, 5) is 25.5. The summed E-state index contributed by atoms with van der Waals surface area (Å²) in [6.07, 6.45) is 2.43. The topological polar surface area (TPSA) is 37.4 Å². The average molecular weight is 179 g/mol. The number of hydrogen-bond donors (Lipinski definition) is 0. The third-order valence-electron chi connectivity index (χ3n) is 4.03. The van der Waals surface area contributed by atoms with Gasteiger partial charge in [-0.1, -0.05) is 0 Å². The Hall–Kier alpha value is -0.700. The number of carbonyl (C=O) groups is 2. The van der Waals surface area contributed by atoms with Crippen molar-refractivity contribution in [2.75, 3.05) is 7.05 Å². The zero-order valence-corrected chi connectivity index (χ0v) is 7.69. The highest BCUT2D eigenvalue weighted by Crippen LogP contribution is 2.44. The molecule has 3 nitrogen and oxygen atoms in total. The zero-order chi connectivity index (χ0) is 9.16. The summed E-state index contributed by atoms with van der Waals surface area (Å²) in [7, 11) is 1.92. The minimum absolute atomic E-state index is 0.0696. The molecule has 4 fully saturated rings. The number of piperidine rings is 2. The fourth-order valence-corrected chi connectivity index (χ4v) is 3.27. The molecule has 0 aromatic rings. The highest BCUT2D eigenvalue weighted by atomic mass is 16.1. The number of hydrogen-bond acceptors (Lipinski definition) is 3. The van der Waals surface area contributed by atoms with Gasteiger partial charge in [-0.05, 0) is 26.3 Å². The molecule has 2 saturated heterocycles. The van der Waals surface area contributed by atoms with Gasteiger partial charge in [-0.3, -0.25) is 14.5 Å². The van der Waals surface area contributed by atoms with Crippen LogP contribution in [0.3, 0.4) is 0 Å². The largest absolute Gasteiger partial charge is 0.298 e. The summed E-state index contributed by atoms with van der Waals surface area (Å²) in [6, 6.07) is 0.139. The van der Waals surface area contributed by atoms with Gasteiger partial charge >= 0.3 is 0 Å². The van der Waals surface area contributed by atoms with Crippen molar-refractivity contribution in [3.8, 4) is 0 Å².